The summed E-state index contributed by atoms with van der Waals surface area (Å²) < 4.78 is 2.57. The van der Waals surface area contributed by atoms with Crippen molar-refractivity contribution in [2.24, 2.45) is 11.8 Å². The summed E-state index contributed by atoms with van der Waals surface area (Å²) in [5.74, 6) is 1.64. The normalized spacial score (nSPS) is 23.8. The molecule has 2 aliphatic heterocycles. The summed E-state index contributed by atoms with van der Waals surface area (Å²) in [4.78, 5) is 2.65. The van der Waals surface area contributed by atoms with Gasteiger partial charge in [-0.3, -0.25) is 4.90 Å². The van der Waals surface area contributed by atoms with E-state index in [0.29, 0.717) is 0 Å². The Bertz CT molecular complexity index is 833. The average Bonchev–Trinajstić information content (AvgIpc) is 3.13. The van der Waals surface area contributed by atoms with Gasteiger partial charge in [-0.25, -0.2) is 0 Å². The number of hydrogen-bond donors (Lipinski definition) is 0. The van der Waals surface area contributed by atoms with Crippen LogP contribution in [0.1, 0.15) is 11.3 Å². The maximum Gasteiger partial charge on any atom is 0.0482 e. The van der Waals surface area contributed by atoms with Crippen LogP contribution in [-0.2, 0) is 19.5 Å². The minimum Gasteiger partial charge on any atom is -0.344 e. The lowest BCUT2D eigenvalue weighted by Crippen LogP contribution is -2.27. The fraction of sp³-hybridized carbons (Fsp3) is 0.333. The molecule has 0 saturated carbocycles. The summed E-state index contributed by atoms with van der Waals surface area (Å²) in [6, 6.07) is 22.1. The zero-order valence-corrected chi connectivity index (χ0v) is 13.4. The van der Waals surface area contributed by atoms with Crippen molar-refractivity contribution in [3.8, 4) is 0 Å². The molecule has 0 amide bonds. The largest absolute Gasteiger partial charge is 0.344 e. The van der Waals surface area contributed by atoms with Crippen LogP contribution in [0.15, 0.2) is 60.7 Å². The van der Waals surface area contributed by atoms with Crippen LogP contribution >= 0.6 is 0 Å². The molecule has 1 saturated heterocycles. The van der Waals surface area contributed by atoms with Crippen molar-refractivity contribution in [1.82, 2.24) is 9.47 Å². The van der Waals surface area contributed by atoms with Crippen LogP contribution in [0, 0.1) is 11.8 Å². The Morgan fingerprint density at radius 1 is 0.826 bits per heavy atom. The third-order valence-corrected chi connectivity index (χ3v) is 5.69. The standard InChI is InChI=1S/C21H22N2/c1-2-6-16(7-3-1)12-22-13-18-11-20-10-17-8-4-5-9-21(17)23(20)15-19(18)14-22/h1-10,18-19H,11-15H2/t18-,19-/m0/s1. The summed E-state index contributed by atoms with van der Waals surface area (Å²) >= 11 is 0. The van der Waals surface area contributed by atoms with E-state index in [4.69, 9.17) is 0 Å². The van der Waals surface area contributed by atoms with Crippen LogP contribution < -0.4 is 0 Å². The Hall–Kier alpha value is -2.06. The first-order valence-electron chi connectivity index (χ1n) is 8.70. The number of likely N-dealkylation sites (tertiary alicyclic amines) is 1. The van der Waals surface area contributed by atoms with Gasteiger partial charge in [0.2, 0.25) is 0 Å². The van der Waals surface area contributed by atoms with E-state index in [1.165, 1.54) is 48.2 Å². The van der Waals surface area contributed by atoms with Crippen molar-refractivity contribution in [1.29, 1.82) is 0 Å². The predicted molar refractivity (Wildman–Crippen MR) is 94.3 cm³/mol. The molecule has 2 heteroatoms. The number of para-hydroxylation sites is 1. The highest BCUT2D eigenvalue weighted by Gasteiger charge is 2.36. The van der Waals surface area contributed by atoms with Crippen molar-refractivity contribution >= 4 is 10.9 Å². The maximum atomic E-state index is 2.65. The van der Waals surface area contributed by atoms with Crippen LogP contribution in [0.2, 0.25) is 0 Å². The minimum atomic E-state index is 0.807. The highest BCUT2D eigenvalue weighted by Crippen LogP contribution is 2.36. The molecule has 5 rings (SSSR count). The molecular formula is C21H22N2. The van der Waals surface area contributed by atoms with Crippen molar-refractivity contribution in [3.05, 3.63) is 71.9 Å². The zero-order chi connectivity index (χ0) is 15.2. The van der Waals surface area contributed by atoms with Gasteiger partial charge in [0, 0.05) is 37.4 Å². The molecule has 0 radical (unpaired) electrons. The van der Waals surface area contributed by atoms with Gasteiger partial charge in [0.1, 0.15) is 0 Å². The molecule has 0 unspecified atom stereocenters. The highest BCUT2D eigenvalue weighted by atomic mass is 15.2. The second-order valence-corrected chi connectivity index (χ2v) is 7.21. The summed E-state index contributed by atoms with van der Waals surface area (Å²) in [7, 11) is 0. The number of nitrogens with zero attached hydrogens (tertiary/aromatic N) is 2. The molecule has 2 aliphatic rings. The number of aromatic nitrogens is 1. The van der Waals surface area contributed by atoms with Crippen LogP contribution in [0.25, 0.3) is 10.9 Å². The molecule has 116 valence electrons. The molecule has 1 fully saturated rings. The van der Waals surface area contributed by atoms with E-state index in [0.717, 1.165) is 18.4 Å². The van der Waals surface area contributed by atoms with E-state index in [1.54, 1.807) is 0 Å². The lowest BCUT2D eigenvalue weighted by molar-refractivity contribution is 0.309. The van der Waals surface area contributed by atoms with Gasteiger partial charge < -0.3 is 4.57 Å². The lowest BCUT2D eigenvalue weighted by atomic mass is 9.88. The average molecular weight is 302 g/mol. The number of hydrogen-bond acceptors (Lipinski definition) is 1. The van der Waals surface area contributed by atoms with Gasteiger partial charge in [-0.05, 0) is 41.3 Å². The Balaban J connectivity index is 1.38. The molecule has 1 aromatic heterocycles. The van der Waals surface area contributed by atoms with Crippen molar-refractivity contribution in [3.63, 3.8) is 0 Å². The quantitative estimate of drug-likeness (QED) is 0.696. The molecule has 3 heterocycles. The van der Waals surface area contributed by atoms with Gasteiger partial charge >= 0.3 is 0 Å². The topological polar surface area (TPSA) is 8.17 Å². The van der Waals surface area contributed by atoms with Crippen molar-refractivity contribution < 1.29 is 0 Å². The van der Waals surface area contributed by atoms with E-state index in [1.807, 2.05) is 0 Å². The molecule has 0 bridgehead atoms. The van der Waals surface area contributed by atoms with E-state index in [9.17, 15) is 0 Å². The first kappa shape index (κ1) is 13.4. The van der Waals surface area contributed by atoms with Crippen LogP contribution in [-0.4, -0.2) is 22.6 Å². The van der Waals surface area contributed by atoms with Gasteiger partial charge in [0.05, 0.1) is 0 Å². The maximum absolute atomic E-state index is 2.65. The van der Waals surface area contributed by atoms with E-state index < -0.39 is 0 Å². The molecule has 2 atom stereocenters. The van der Waals surface area contributed by atoms with Crippen molar-refractivity contribution in [2.45, 2.75) is 19.5 Å². The number of benzene rings is 2. The first-order valence-corrected chi connectivity index (χ1v) is 8.70. The van der Waals surface area contributed by atoms with Gasteiger partial charge in [-0.15, -0.1) is 0 Å². The Labute approximate surface area is 137 Å². The monoisotopic (exact) mass is 302 g/mol. The fourth-order valence-electron chi connectivity index (χ4n) is 4.60. The molecule has 0 aliphatic carbocycles. The molecule has 2 nitrogen and oxygen atoms in total. The molecule has 0 spiro atoms. The minimum absolute atomic E-state index is 0.807. The first-order chi connectivity index (χ1) is 11.4. The Kier molecular flexibility index (Phi) is 3.05. The van der Waals surface area contributed by atoms with Crippen LogP contribution in [0.3, 0.4) is 0 Å². The third kappa shape index (κ3) is 2.29. The molecular weight excluding hydrogens is 280 g/mol. The van der Waals surface area contributed by atoms with E-state index >= 15 is 0 Å². The highest BCUT2D eigenvalue weighted by molar-refractivity contribution is 5.81. The van der Waals surface area contributed by atoms with Crippen molar-refractivity contribution in [2.75, 3.05) is 13.1 Å². The second-order valence-electron chi connectivity index (χ2n) is 7.21. The Morgan fingerprint density at radius 2 is 1.61 bits per heavy atom. The summed E-state index contributed by atoms with van der Waals surface area (Å²) in [6.07, 6.45) is 1.24. The second kappa shape index (κ2) is 5.24. The van der Waals surface area contributed by atoms with E-state index in [-0.39, 0.29) is 0 Å². The predicted octanol–water partition coefficient (Wildman–Crippen LogP) is 3.95. The molecule has 23 heavy (non-hydrogen) atoms. The Morgan fingerprint density at radius 3 is 2.52 bits per heavy atom. The van der Waals surface area contributed by atoms with Crippen LogP contribution in [0.5, 0.6) is 0 Å². The van der Waals surface area contributed by atoms with Gasteiger partial charge in [-0.2, -0.15) is 0 Å². The smallest absolute Gasteiger partial charge is 0.0482 e. The lowest BCUT2D eigenvalue weighted by Gasteiger charge is -2.27. The third-order valence-electron chi connectivity index (χ3n) is 5.69. The fourth-order valence-corrected chi connectivity index (χ4v) is 4.60. The van der Waals surface area contributed by atoms with Crippen LogP contribution in [0.4, 0.5) is 0 Å². The summed E-state index contributed by atoms with van der Waals surface area (Å²) in [5.41, 5.74) is 4.40. The molecule has 3 aromatic rings. The SMILES string of the molecule is c1ccc(CN2C[C@@H]3Cc4cc5ccccc5n4C[C@@H]3C2)cc1. The summed E-state index contributed by atoms with van der Waals surface area (Å²) in [6.45, 7) is 4.79. The zero-order valence-electron chi connectivity index (χ0n) is 13.4. The van der Waals surface area contributed by atoms with Gasteiger partial charge in [-0.1, -0.05) is 48.5 Å². The summed E-state index contributed by atoms with van der Waals surface area (Å²) in [5, 5.41) is 1.41. The van der Waals surface area contributed by atoms with Gasteiger partial charge in [0.25, 0.3) is 0 Å². The molecule has 0 N–H and O–H groups in total. The number of rotatable bonds is 2. The van der Waals surface area contributed by atoms with E-state index in [2.05, 4.69) is 70.1 Å². The number of fused-ring (bicyclic) bond motifs is 4. The van der Waals surface area contributed by atoms with Gasteiger partial charge in [0.15, 0.2) is 0 Å². The molecule has 2 aromatic carbocycles.